The van der Waals surface area contributed by atoms with Gasteiger partial charge in [0.15, 0.2) is 0 Å². The van der Waals surface area contributed by atoms with Crippen LogP contribution in [0.25, 0.3) is 16.6 Å². The third kappa shape index (κ3) is 1.17. The molecule has 3 rings (SSSR count). The number of nitrogens with zero attached hydrogens (tertiary/aromatic N) is 4. The summed E-state index contributed by atoms with van der Waals surface area (Å²) in [6, 6.07) is 5.93. The zero-order valence-corrected chi connectivity index (χ0v) is 8.25. The molecule has 5 heteroatoms. The minimum absolute atomic E-state index is 0.582. The number of pyridine rings is 1. The number of nitrogens with one attached hydrogen (secondary N) is 1. The highest BCUT2D eigenvalue weighted by Gasteiger charge is 2.05. The van der Waals surface area contributed by atoms with Crippen LogP contribution in [0.3, 0.4) is 0 Å². The summed E-state index contributed by atoms with van der Waals surface area (Å²) in [5, 5.41) is 19.6. The van der Waals surface area contributed by atoms with Crippen molar-refractivity contribution in [3.63, 3.8) is 0 Å². The molecule has 0 fully saturated rings. The van der Waals surface area contributed by atoms with Crippen molar-refractivity contribution in [1.29, 1.82) is 5.26 Å². The van der Waals surface area contributed by atoms with Crippen LogP contribution in [0.1, 0.15) is 5.56 Å². The molecule has 0 atom stereocenters. The number of hydrogen-bond donors (Lipinski definition) is 1. The lowest BCUT2D eigenvalue weighted by atomic mass is 10.1. The third-order valence-electron chi connectivity index (χ3n) is 2.47. The van der Waals surface area contributed by atoms with Gasteiger partial charge in [0.1, 0.15) is 6.07 Å². The summed E-state index contributed by atoms with van der Waals surface area (Å²) in [7, 11) is 0. The SMILES string of the molecule is N#Cc1cnn2cc(-c3cn[nH]c3)ccc12. The number of aromatic amines is 1. The van der Waals surface area contributed by atoms with E-state index in [1.54, 1.807) is 16.9 Å². The topological polar surface area (TPSA) is 69.8 Å². The smallest absolute Gasteiger partial charge is 0.103 e. The zero-order valence-electron chi connectivity index (χ0n) is 8.25. The van der Waals surface area contributed by atoms with Crippen molar-refractivity contribution in [2.75, 3.05) is 0 Å². The summed E-state index contributed by atoms with van der Waals surface area (Å²) < 4.78 is 1.70. The minimum Gasteiger partial charge on any atom is -0.285 e. The van der Waals surface area contributed by atoms with Crippen molar-refractivity contribution in [1.82, 2.24) is 19.8 Å². The van der Waals surface area contributed by atoms with Gasteiger partial charge in [0, 0.05) is 23.5 Å². The van der Waals surface area contributed by atoms with E-state index in [2.05, 4.69) is 21.4 Å². The molecular weight excluding hydrogens is 202 g/mol. The Morgan fingerprint density at radius 3 is 2.94 bits per heavy atom. The lowest BCUT2D eigenvalue weighted by molar-refractivity contribution is 0.963. The normalized spacial score (nSPS) is 10.4. The Bertz CT molecular complexity index is 672. The summed E-state index contributed by atoms with van der Waals surface area (Å²) >= 11 is 0. The lowest BCUT2D eigenvalue weighted by Crippen LogP contribution is -1.87. The first kappa shape index (κ1) is 8.68. The number of H-pyrrole nitrogens is 1. The molecule has 0 aromatic carbocycles. The molecule has 76 valence electrons. The van der Waals surface area contributed by atoms with Gasteiger partial charge < -0.3 is 0 Å². The summed E-state index contributed by atoms with van der Waals surface area (Å²) in [5.74, 6) is 0. The predicted octanol–water partition coefficient (Wildman–Crippen LogP) is 1.60. The van der Waals surface area contributed by atoms with Crippen LogP contribution in [0, 0.1) is 11.3 Å². The average Bonchev–Trinajstić information content (AvgIpc) is 2.97. The van der Waals surface area contributed by atoms with Gasteiger partial charge in [0.05, 0.1) is 23.5 Å². The van der Waals surface area contributed by atoms with Gasteiger partial charge in [-0.15, -0.1) is 0 Å². The van der Waals surface area contributed by atoms with Gasteiger partial charge in [-0.1, -0.05) is 6.07 Å². The highest BCUT2D eigenvalue weighted by atomic mass is 15.2. The molecule has 0 aliphatic rings. The quantitative estimate of drug-likeness (QED) is 0.661. The number of rotatable bonds is 1. The van der Waals surface area contributed by atoms with E-state index in [1.165, 1.54) is 0 Å². The molecule has 0 saturated carbocycles. The van der Waals surface area contributed by atoms with Crippen LogP contribution in [0.2, 0.25) is 0 Å². The van der Waals surface area contributed by atoms with Gasteiger partial charge in [0.2, 0.25) is 0 Å². The van der Waals surface area contributed by atoms with Crippen LogP contribution in [0.4, 0.5) is 0 Å². The molecule has 0 radical (unpaired) electrons. The Morgan fingerprint density at radius 1 is 1.25 bits per heavy atom. The molecule has 1 N–H and O–H groups in total. The van der Waals surface area contributed by atoms with Crippen molar-refractivity contribution >= 4 is 5.52 Å². The lowest BCUT2D eigenvalue weighted by Gasteiger charge is -1.98. The molecule has 3 aromatic rings. The van der Waals surface area contributed by atoms with Gasteiger partial charge in [-0.3, -0.25) is 5.10 Å². The van der Waals surface area contributed by atoms with Gasteiger partial charge >= 0.3 is 0 Å². The van der Waals surface area contributed by atoms with Gasteiger partial charge in [0.25, 0.3) is 0 Å². The van der Waals surface area contributed by atoms with Crippen molar-refractivity contribution in [2.45, 2.75) is 0 Å². The van der Waals surface area contributed by atoms with Gasteiger partial charge in [-0.25, -0.2) is 4.52 Å². The molecule has 3 heterocycles. The summed E-state index contributed by atoms with van der Waals surface area (Å²) in [6.45, 7) is 0. The van der Waals surface area contributed by atoms with E-state index >= 15 is 0 Å². The van der Waals surface area contributed by atoms with Gasteiger partial charge in [-0.05, 0) is 6.07 Å². The Morgan fingerprint density at radius 2 is 2.19 bits per heavy atom. The molecule has 0 spiro atoms. The summed E-state index contributed by atoms with van der Waals surface area (Å²) in [5.41, 5.74) is 3.40. The van der Waals surface area contributed by atoms with Crippen molar-refractivity contribution in [2.24, 2.45) is 0 Å². The maximum atomic E-state index is 8.86. The second kappa shape index (κ2) is 3.21. The maximum Gasteiger partial charge on any atom is 0.103 e. The molecule has 0 unspecified atom stereocenters. The van der Waals surface area contributed by atoms with Crippen molar-refractivity contribution in [3.8, 4) is 17.2 Å². The van der Waals surface area contributed by atoms with E-state index in [-0.39, 0.29) is 0 Å². The number of fused-ring (bicyclic) bond motifs is 1. The predicted molar refractivity (Wildman–Crippen MR) is 57.5 cm³/mol. The highest BCUT2D eigenvalue weighted by molar-refractivity contribution is 5.67. The van der Waals surface area contributed by atoms with E-state index in [0.29, 0.717) is 5.56 Å². The van der Waals surface area contributed by atoms with Gasteiger partial charge in [-0.2, -0.15) is 15.5 Å². The largest absolute Gasteiger partial charge is 0.285 e. The fraction of sp³-hybridized carbons (Fsp3) is 0. The Balaban J connectivity index is 2.22. The summed E-state index contributed by atoms with van der Waals surface area (Å²) in [6.07, 6.45) is 7.00. The van der Waals surface area contributed by atoms with Crippen molar-refractivity contribution < 1.29 is 0 Å². The third-order valence-corrected chi connectivity index (χ3v) is 2.47. The molecule has 0 saturated heterocycles. The first-order valence-electron chi connectivity index (χ1n) is 4.75. The molecule has 5 nitrogen and oxygen atoms in total. The van der Waals surface area contributed by atoms with E-state index < -0.39 is 0 Å². The number of hydrogen-bond acceptors (Lipinski definition) is 3. The Labute approximate surface area is 90.9 Å². The average molecular weight is 209 g/mol. The van der Waals surface area contributed by atoms with E-state index in [9.17, 15) is 0 Å². The fourth-order valence-electron chi connectivity index (χ4n) is 1.65. The molecule has 0 aliphatic heterocycles. The fourth-order valence-corrected chi connectivity index (χ4v) is 1.65. The van der Waals surface area contributed by atoms with Crippen LogP contribution in [0.5, 0.6) is 0 Å². The Kier molecular flexibility index (Phi) is 1.74. The number of nitriles is 1. The van der Waals surface area contributed by atoms with Crippen LogP contribution < -0.4 is 0 Å². The van der Waals surface area contributed by atoms with Crippen LogP contribution in [-0.4, -0.2) is 19.8 Å². The molecule has 3 aromatic heterocycles. The number of aromatic nitrogens is 4. The molecular formula is C11H7N5. The van der Waals surface area contributed by atoms with Crippen LogP contribution in [0.15, 0.2) is 36.9 Å². The molecule has 0 amide bonds. The minimum atomic E-state index is 0.582. The first-order chi connectivity index (χ1) is 7.88. The van der Waals surface area contributed by atoms with Crippen LogP contribution in [-0.2, 0) is 0 Å². The van der Waals surface area contributed by atoms with E-state index in [0.717, 1.165) is 16.6 Å². The van der Waals surface area contributed by atoms with Crippen LogP contribution >= 0.6 is 0 Å². The maximum absolute atomic E-state index is 8.86. The van der Waals surface area contributed by atoms with E-state index in [1.807, 2.05) is 24.5 Å². The standard InChI is InChI=1S/C11H7N5/c12-3-9-6-15-16-7-8(1-2-11(9)16)10-4-13-14-5-10/h1-2,4-7H,(H,13,14). The molecule has 0 bridgehead atoms. The molecule has 16 heavy (non-hydrogen) atoms. The van der Waals surface area contributed by atoms with Crippen molar-refractivity contribution in [3.05, 3.63) is 42.5 Å². The zero-order chi connectivity index (χ0) is 11.0. The monoisotopic (exact) mass is 209 g/mol. The van der Waals surface area contributed by atoms with E-state index in [4.69, 9.17) is 5.26 Å². The highest BCUT2D eigenvalue weighted by Crippen LogP contribution is 2.19. The second-order valence-electron chi connectivity index (χ2n) is 3.40. The molecule has 0 aliphatic carbocycles. The first-order valence-corrected chi connectivity index (χ1v) is 4.75. The second-order valence-corrected chi connectivity index (χ2v) is 3.40. The summed E-state index contributed by atoms with van der Waals surface area (Å²) in [4.78, 5) is 0. The Hall–Kier alpha value is -2.61.